The van der Waals surface area contributed by atoms with Gasteiger partial charge in [-0.2, -0.15) is 0 Å². The van der Waals surface area contributed by atoms with Crippen LogP contribution in [0.1, 0.15) is 33.6 Å². The lowest BCUT2D eigenvalue weighted by molar-refractivity contribution is -0.141. The average molecular weight is 528 g/mol. The van der Waals surface area contributed by atoms with Gasteiger partial charge >= 0.3 is 5.97 Å². The van der Waals surface area contributed by atoms with Crippen molar-refractivity contribution in [3.8, 4) is 0 Å². The summed E-state index contributed by atoms with van der Waals surface area (Å²) in [4.78, 5) is 18.2. The first kappa shape index (κ1) is 26.7. The quantitative estimate of drug-likeness (QED) is 0.341. The molecule has 0 amide bonds. The first-order chi connectivity index (χ1) is 17.2. The normalized spacial score (nSPS) is 21.2. The first-order valence-corrected chi connectivity index (χ1v) is 15.5. The largest absolute Gasteiger partial charge is 0.479 e. The van der Waals surface area contributed by atoms with E-state index in [4.69, 9.17) is 14.5 Å². The van der Waals surface area contributed by atoms with Gasteiger partial charge < -0.3 is 24.9 Å². The lowest BCUT2D eigenvalue weighted by Gasteiger charge is -2.44. The van der Waals surface area contributed by atoms with Crippen molar-refractivity contribution in [1.29, 1.82) is 0 Å². The molecule has 7 nitrogen and oxygen atoms in total. The molecule has 0 aromatic heterocycles. The van der Waals surface area contributed by atoms with E-state index < -0.39 is 19.7 Å². The predicted molar refractivity (Wildman–Crippen MR) is 149 cm³/mol. The molecular weight excluding hydrogens is 490 g/mol. The van der Waals surface area contributed by atoms with E-state index in [0.29, 0.717) is 12.4 Å². The topological polar surface area (TPSA) is 94.4 Å². The number of fused-ring (bicyclic) bond motifs is 1. The molecule has 0 bridgehead atoms. The number of hydrogen-bond acceptors (Lipinski definition) is 7. The Hall–Kier alpha value is -2.33. The summed E-state index contributed by atoms with van der Waals surface area (Å²) in [6, 6.07) is 21.4. The van der Waals surface area contributed by atoms with Crippen molar-refractivity contribution < 1.29 is 19.4 Å². The lowest BCUT2D eigenvalue weighted by atomic mass is 10.1. The molecule has 3 N–H and O–H groups in total. The Kier molecular flexibility index (Phi) is 8.44. The zero-order valence-corrected chi connectivity index (χ0v) is 23.1. The molecule has 194 valence electrons. The molecule has 1 saturated heterocycles. The Bertz CT molecular complexity index is 1010. The van der Waals surface area contributed by atoms with Crippen LogP contribution in [0.15, 0.2) is 65.7 Å². The van der Waals surface area contributed by atoms with Gasteiger partial charge in [0.25, 0.3) is 8.32 Å². The van der Waals surface area contributed by atoms with Crippen molar-refractivity contribution in [1.82, 2.24) is 10.2 Å². The highest BCUT2D eigenvalue weighted by molar-refractivity contribution is 8.00. The number of thioether (sulfide) groups is 1. The number of aliphatic carboxylic acids is 1. The number of rotatable bonds is 9. The molecule has 0 saturated carbocycles. The maximum atomic E-state index is 10.9. The van der Waals surface area contributed by atoms with Crippen molar-refractivity contribution in [2.75, 3.05) is 25.4 Å². The van der Waals surface area contributed by atoms with Crippen molar-refractivity contribution in [2.24, 2.45) is 4.99 Å². The number of nitrogens with zero attached hydrogens (tertiary/aromatic N) is 2. The van der Waals surface area contributed by atoms with Gasteiger partial charge in [-0.1, -0.05) is 81.4 Å². The number of benzene rings is 2. The van der Waals surface area contributed by atoms with Crippen LogP contribution >= 0.6 is 11.8 Å². The second-order valence-corrected chi connectivity index (χ2v) is 15.9. The monoisotopic (exact) mass is 527 g/mol. The molecule has 0 radical (unpaired) electrons. The lowest BCUT2D eigenvalue weighted by Crippen LogP contribution is -2.67. The maximum absolute atomic E-state index is 10.9. The van der Waals surface area contributed by atoms with Crippen LogP contribution in [0, 0.1) is 0 Å². The van der Waals surface area contributed by atoms with Gasteiger partial charge in [-0.25, -0.2) is 9.79 Å². The molecule has 2 heterocycles. The van der Waals surface area contributed by atoms with Gasteiger partial charge in [0.2, 0.25) is 0 Å². The molecule has 2 aromatic carbocycles. The van der Waals surface area contributed by atoms with Gasteiger partial charge in [0.1, 0.15) is 0 Å². The summed E-state index contributed by atoms with van der Waals surface area (Å²) in [5, 5.41) is 24.5. The minimum atomic E-state index is -2.62. The molecule has 0 aliphatic carbocycles. The van der Waals surface area contributed by atoms with Crippen molar-refractivity contribution >= 4 is 42.4 Å². The third-order valence-corrected chi connectivity index (χ3v) is 13.1. The first-order valence-electron chi connectivity index (χ1n) is 12.6. The Morgan fingerprint density at radius 1 is 1.11 bits per heavy atom. The number of aliphatic imine (C=N–C) groups is 1. The Balaban J connectivity index is 1.53. The summed E-state index contributed by atoms with van der Waals surface area (Å²) in [5.41, 5.74) is -1.40. The fourth-order valence-corrected chi connectivity index (χ4v) is 10.6. The Morgan fingerprint density at radius 2 is 1.69 bits per heavy atom. The van der Waals surface area contributed by atoms with Crippen LogP contribution in [0.3, 0.4) is 0 Å². The summed E-state index contributed by atoms with van der Waals surface area (Å²) in [5.74, 6) is 0.177. The van der Waals surface area contributed by atoms with E-state index in [9.17, 15) is 9.90 Å². The molecule has 1 fully saturated rings. The zero-order valence-electron chi connectivity index (χ0n) is 21.3. The van der Waals surface area contributed by atoms with E-state index in [2.05, 4.69) is 91.7 Å². The SMILES string of the molecule is CC(C)(C)[Si](OC[C@H]1CCN2CC[C@H](CSC(O)C(=O)O)NC2=N1)(c1ccccc1)c1ccccc1. The van der Waals surface area contributed by atoms with Crippen LogP contribution in [0.25, 0.3) is 0 Å². The third kappa shape index (κ3) is 5.80. The van der Waals surface area contributed by atoms with Crippen LogP contribution in [0.2, 0.25) is 5.04 Å². The number of guanidine groups is 1. The summed E-state index contributed by atoms with van der Waals surface area (Å²) in [6.45, 7) is 9.18. The number of carbonyl (C=O) groups is 1. The van der Waals surface area contributed by atoms with E-state index in [-0.39, 0.29) is 17.1 Å². The molecule has 2 aromatic rings. The van der Waals surface area contributed by atoms with Crippen LogP contribution in [0.4, 0.5) is 0 Å². The Labute approximate surface area is 219 Å². The minimum Gasteiger partial charge on any atom is -0.479 e. The highest BCUT2D eigenvalue weighted by Gasteiger charge is 2.50. The van der Waals surface area contributed by atoms with Crippen molar-refractivity contribution in [2.45, 2.75) is 56.2 Å². The Morgan fingerprint density at radius 3 is 2.25 bits per heavy atom. The van der Waals surface area contributed by atoms with Gasteiger partial charge in [0.05, 0.1) is 12.6 Å². The number of carboxylic acid groups (broad SMARTS) is 1. The van der Waals surface area contributed by atoms with Gasteiger partial charge in [0.15, 0.2) is 11.4 Å². The molecular formula is C27H37N3O4SSi. The number of nitrogens with one attached hydrogen (secondary N) is 1. The smallest absolute Gasteiger partial charge is 0.343 e. The zero-order chi connectivity index (χ0) is 25.8. The summed E-state index contributed by atoms with van der Waals surface area (Å²) in [6.07, 6.45) is 1.82. The van der Waals surface area contributed by atoms with E-state index in [1.807, 2.05) is 0 Å². The average Bonchev–Trinajstić information content (AvgIpc) is 2.87. The van der Waals surface area contributed by atoms with Gasteiger partial charge in [0, 0.05) is 24.9 Å². The second-order valence-electron chi connectivity index (χ2n) is 10.5. The maximum Gasteiger partial charge on any atom is 0.343 e. The van der Waals surface area contributed by atoms with Crippen molar-refractivity contribution in [3.05, 3.63) is 60.7 Å². The third-order valence-electron chi connectivity index (χ3n) is 6.99. The number of aliphatic hydroxyl groups is 1. The number of hydrogen-bond donors (Lipinski definition) is 3. The van der Waals surface area contributed by atoms with Gasteiger partial charge in [-0.05, 0) is 28.3 Å². The number of aliphatic hydroxyl groups excluding tert-OH is 1. The van der Waals surface area contributed by atoms with E-state index >= 15 is 0 Å². The van der Waals surface area contributed by atoms with Crippen LogP contribution in [-0.4, -0.2) is 78.3 Å². The molecule has 4 rings (SSSR count). The molecule has 3 atom stereocenters. The van der Waals surface area contributed by atoms with Crippen LogP contribution < -0.4 is 15.7 Å². The van der Waals surface area contributed by atoms with Crippen LogP contribution in [-0.2, 0) is 9.22 Å². The second kappa shape index (κ2) is 11.4. The fourth-order valence-electron chi connectivity index (χ4n) is 5.15. The molecule has 36 heavy (non-hydrogen) atoms. The summed E-state index contributed by atoms with van der Waals surface area (Å²) in [7, 11) is -2.62. The molecule has 1 unspecified atom stereocenters. The highest BCUT2D eigenvalue weighted by atomic mass is 32.2. The standard InChI is InChI=1S/C27H37N3O4SSi/c1-27(2,3)36(22-10-6-4-7-11-22,23-12-8-5-9-13-23)34-18-20-14-16-30-17-15-21(29-26(30)28-20)19-35-25(33)24(31)32/h4-13,20-21,25,33H,14-19H2,1-3H3,(H,28,29)(H,31,32)/t20-,21-,25?/m1/s1. The predicted octanol–water partition coefficient (Wildman–Crippen LogP) is 2.49. The minimum absolute atomic E-state index is 0.0430. The summed E-state index contributed by atoms with van der Waals surface area (Å²) >= 11 is 1.04. The highest BCUT2D eigenvalue weighted by Crippen LogP contribution is 2.37. The molecule has 0 spiro atoms. The molecule has 2 aliphatic rings. The van der Waals surface area contributed by atoms with Gasteiger partial charge in [-0.15, -0.1) is 11.8 Å². The molecule has 9 heteroatoms. The van der Waals surface area contributed by atoms with E-state index in [1.165, 1.54) is 10.4 Å². The molecule has 2 aliphatic heterocycles. The van der Waals surface area contributed by atoms with E-state index in [1.54, 1.807) is 0 Å². The van der Waals surface area contributed by atoms with Crippen molar-refractivity contribution in [3.63, 3.8) is 0 Å². The number of carboxylic acids is 1. The van der Waals surface area contributed by atoms with E-state index in [0.717, 1.165) is 43.7 Å². The van der Waals surface area contributed by atoms with Gasteiger partial charge in [-0.3, -0.25) is 0 Å². The van der Waals surface area contributed by atoms with Crippen LogP contribution in [0.5, 0.6) is 0 Å². The fraction of sp³-hybridized carbons (Fsp3) is 0.481. The summed E-state index contributed by atoms with van der Waals surface area (Å²) < 4.78 is 7.10.